The summed E-state index contributed by atoms with van der Waals surface area (Å²) in [6.07, 6.45) is 4.06. The van der Waals surface area contributed by atoms with Crippen LogP contribution in [-0.4, -0.2) is 12.7 Å². The molecule has 0 heterocycles. The lowest BCUT2D eigenvalue weighted by atomic mass is 9.86. The van der Waals surface area contributed by atoms with E-state index >= 15 is 0 Å². The summed E-state index contributed by atoms with van der Waals surface area (Å²) >= 11 is 0. The Labute approximate surface area is 61.1 Å². The fourth-order valence-electron chi connectivity index (χ4n) is 1.54. The van der Waals surface area contributed by atoms with Gasteiger partial charge in [0.05, 0.1) is 12.6 Å². The van der Waals surface area contributed by atoms with Crippen molar-refractivity contribution in [3.8, 4) is 0 Å². The molecule has 1 rings (SSSR count). The Morgan fingerprint density at radius 1 is 1.40 bits per heavy atom. The van der Waals surface area contributed by atoms with Crippen molar-refractivity contribution in [2.75, 3.05) is 6.67 Å². The molecule has 10 heavy (non-hydrogen) atoms. The highest BCUT2D eigenvalue weighted by molar-refractivity contribution is 4.88. The second kappa shape index (κ2) is 3.55. The van der Waals surface area contributed by atoms with E-state index < -0.39 is 0 Å². The molecule has 1 fully saturated rings. The van der Waals surface area contributed by atoms with Gasteiger partial charge in [-0.3, -0.25) is 4.39 Å². The molecule has 0 amide bonds. The van der Waals surface area contributed by atoms with Crippen LogP contribution in [0, 0.1) is 12.5 Å². The maximum Gasteiger partial charge on any atom is 0.229 e. The Bertz CT molecular complexity index is 139. The summed E-state index contributed by atoms with van der Waals surface area (Å²) in [5, 5.41) is 0. The lowest BCUT2D eigenvalue weighted by molar-refractivity contribution is 0.268. The largest absolute Gasteiger partial charge is 0.313 e. The van der Waals surface area contributed by atoms with E-state index in [1.807, 2.05) is 0 Å². The minimum Gasteiger partial charge on any atom is -0.313 e. The van der Waals surface area contributed by atoms with Gasteiger partial charge in [-0.25, -0.2) is 6.57 Å². The zero-order valence-corrected chi connectivity index (χ0v) is 6.02. The number of rotatable bonds is 1. The second-order valence-electron chi connectivity index (χ2n) is 2.90. The Morgan fingerprint density at radius 3 is 2.60 bits per heavy atom. The van der Waals surface area contributed by atoms with Crippen LogP contribution in [0.5, 0.6) is 0 Å². The van der Waals surface area contributed by atoms with Gasteiger partial charge in [-0.2, -0.15) is 0 Å². The lowest BCUT2D eigenvalue weighted by Gasteiger charge is -2.19. The highest BCUT2D eigenvalue weighted by Gasteiger charge is 2.28. The number of hydrogen-bond donors (Lipinski definition) is 0. The van der Waals surface area contributed by atoms with Crippen molar-refractivity contribution in [1.82, 2.24) is 0 Å². The van der Waals surface area contributed by atoms with Gasteiger partial charge < -0.3 is 4.85 Å². The summed E-state index contributed by atoms with van der Waals surface area (Å²) < 4.78 is 12.2. The van der Waals surface area contributed by atoms with Crippen molar-refractivity contribution in [1.29, 1.82) is 0 Å². The highest BCUT2D eigenvalue weighted by atomic mass is 19.1. The zero-order chi connectivity index (χ0) is 7.40. The summed E-state index contributed by atoms with van der Waals surface area (Å²) in [4.78, 5) is 3.41. The van der Waals surface area contributed by atoms with Gasteiger partial charge in [0.25, 0.3) is 0 Å². The minimum atomic E-state index is -0.299. The van der Waals surface area contributed by atoms with Gasteiger partial charge in [0, 0.05) is 6.42 Å². The van der Waals surface area contributed by atoms with Crippen LogP contribution < -0.4 is 0 Å². The van der Waals surface area contributed by atoms with E-state index in [4.69, 9.17) is 6.57 Å². The van der Waals surface area contributed by atoms with Gasteiger partial charge in [-0.1, -0.05) is 6.42 Å². The van der Waals surface area contributed by atoms with Gasteiger partial charge in [-0.15, -0.1) is 0 Å². The summed E-state index contributed by atoms with van der Waals surface area (Å²) in [5.74, 6) is 0.0475. The number of halogens is 1. The maximum atomic E-state index is 12.2. The van der Waals surface area contributed by atoms with Gasteiger partial charge in [0.15, 0.2) is 0 Å². The molecule has 0 N–H and O–H groups in total. The van der Waals surface area contributed by atoms with E-state index in [9.17, 15) is 4.39 Å². The van der Waals surface area contributed by atoms with E-state index in [1.165, 1.54) is 0 Å². The molecule has 2 atom stereocenters. The van der Waals surface area contributed by atoms with Crippen molar-refractivity contribution in [2.45, 2.75) is 31.7 Å². The fourth-order valence-corrected chi connectivity index (χ4v) is 1.54. The Morgan fingerprint density at radius 2 is 2.10 bits per heavy atom. The van der Waals surface area contributed by atoms with Crippen LogP contribution in [0.2, 0.25) is 0 Å². The van der Waals surface area contributed by atoms with Crippen LogP contribution in [0.3, 0.4) is 0 Å². The fraction of sp³-hybridized carbons (Fsp3) is 0.875. The number of hydrogen-bond acceptors (Lipinski definition) is 0. The molecule has 0 aromatic heterocycles. The van der Waals surface area contributed by atoms with E-state index in [2.05, 4.69) is 4.85 Å². The molecular weight excluding hydrogens is 129 g/mol. The quantitative estimate of drug-likeness (QED) is 0.494. The molecule has 0 saturated heterocycles. The summed E-state index contributed by atoms with van der Waals surface area (Å²) in [5.41, 5.74) is 0. The first-order valence-corrected chi connectivity index (χ1v) is 3.81. The first kappa shape index (κ1) is 7.53. The lowest BCUT2D eigenvalue weighted by Crippen LogP contribution is -2.23. The molecule has 0 spiro atoms. The molecule has 56 valence electrons. The predicted molar refractivity (Wildman–Crippen MR) is 38.3 cm³/mol. The third kappa shape index (κ3) is 1.47. The number of nitrogens with zero attached hydrogens (tertiary/aromatic N) is 1. The van der Waals surface area contributed by atoms with Crippen LogP contribution >= 0.6 is 0 Å². The first-order chi connectivity index (χ1) is 4.88. The van der Waals surface area contributed by atoms with Gasteiger partial charge in [-0.05, 0) is 12.8 Å². The topological polar surface area (TPSA) is 4.36 Å². The molecule has 0 radical (unpaired) electrons. The van der Waals surface area contributed by atoms with Gasteiger partial charge >= 0.3 is 0 Å². The average Bonchev–Trinajstić information content (AvgIpc) is 2.04. The normalized spacial score (nSPS) is 33.2. The van der Waals surface area contributed by atoms with Crippen LogP contribution in [0.25, 0.3) is 4.85 Å². The predicted octanol–water partition coefficient (Wildman–Crippen LogP) is 2.43. The van der Waals surface area contributed by atoms with Gasteiger partial charge in [0.1, 0.15) is 0 Å². The van der Waals surface area contributed by atoms with E-state index in [0.29, 0.717) is 0 Å². The molecule has 2 unspecified atom stereocenters. The zero-order valence-electron chi connectivity index (χ0n) is 6.02. The van der Waals surface area contributed by atoms with Crippen LogP contribution in [-0.2, 0) is 0 Å². The number of alkyl halides is 1. The summed E-state index contributed by atoms with van der Waals surface area (Å²) in [6, 6.07) is -0.0150. The third-order valence-corrected chi connectivity index (χ3v) is 2.23. The molecule has 2 heteroatoms. The molecule has 1 aliphatic rings. The molecule has 0 aliphatic heterocycles. The molecule has 0 bridgehead atoms. The van der Waals surface area contributed by atoms with E-state index in [0.717, 1.165) is 25.7 Å². The molecule has 1 aliphatic carbocycles. The molecule has 1 nitrogen and oxygen atoms in total. The monoisotopic (exact) mass is 141 g/mol. The average molecular weight is 141 g/mol. The molecular formula is C8H12FN. The highest BCUT2D eigenvalue weighted by Crippen LogP contribution is 2.26. The van der Waals surface area contributed by atoms with E-state index in [-0.39, 0.29) is 18.6 Å². The van der Waals surface area contributed by atoms with Crippen molar-refractivity contribution < 1.29 is 4.39 Å². The Hall–Kier alpha value is -0.580. The Kier molecular flexibility index (Phi) is 2.68. The minimum absolute atomic E-state index is 0.0150. The first-order valence-electron chi connectivity index (χ1n) is 3.81. The Balaban J connectivity index is 2.44. The maximum absolute atomic E-state index is 12.2. The van der Waals surface area contributed by atoms with Crippen molar-refractivity contribution in [2.24, 2.45) is 5.92 Å². The summed E-state index contributed by atoms with van der Waals surface area (Å²) in [6.45, 7) is 6.49. The SMILES string of the molecule is [C-]#[N+]C1CCCCC1CF. The smallest absolute Gasteiger partial charge is 0.229 e. The van der Waals surface area contributed by atoms with Crippen molar-refractivity contribution >= 4 is 0 Å². The third-order valence-electron chi connectivity index (χ3n) is 2.23. The van der Waals surface area contributed by atoms with Crippen LogP contribution in [0.15, 0.2) is 0 Å². The molecule has 1 saturated carbocycles. The van der Waals surface area contributed by atoms with Gasteiger partial charge in [0.2, 0.25) is 6.04 Å². The van der Waals surface area contributed by atoms with Crippen molar-refractivity contribution in [3.63, 3.8) is 0 Å². The van der Waals surface area contributed by atoms with Crippen LogP contribution in [0.1, 0.15) is 25.7 Å². The standard InChI is InChI=1S/C8H12FN/c1-10-8-5-3-2-4-7(8)6-9/h7-8H,2-6H2. The second-order valence-corrected chi connectivity index (χ2v) is 2.90. The van der Waals surface area contributed by atoms with Crippen LogP contribution in [0.4, 0.5) is 4.39 Å². The van der Waals surface area contributed by atoms with Crippen molar-refractivity contribution in [3.05, 3.63) is 11.4 Å². The molecule has 0 aromatic rings. The molecule has 0 aromatic carbocycles. The van der Waals surface area contributed by atoms with E-state index in [1.54, 1.807) is 0 Å². The summed E-state index contributed by atoms with van der Waals surface area (Å²) in [7, 11) is 0.